The van der Waals surface area contributed by atoms with Crippen LogP contribution in [0.3, 0.4) is 0 Å². The maximum atomic E-state index is 12.8. The van der Waals surface area contributed by atoms with Crippen molar-refractivity contribution in [2.24, 2.45) is 0 Å². The summed E-state index contributed by atoms with van der Waals surface area (Å²) < 4.78 is 40.1. The molecule has 0 atom stereocenters. The number of halogens is 4. The average Bonchev–Trinajstić information content (AvgIpc) is 3.01. The van der Waals surface area contributed by atoms with E-state index in [0.717, 1.165) is 23.4 Å². The predicted octanol–water partition coefficient (Wildman–Crippen LogP) is 5.44. The lowest BCUT2D eigenvalue weighted by molar-refractivity contribution is -0.137. The van der Waals surface area contributed by atoms with Gasteiger partial charge in [-0.25, -0.2) is 9.97 Å². The minimum Gasteiger partial charge on any atom is -0.209 e. The number of hydrogen-bond donors (Lipinski definition) is 0. The van der Waals surface area contributed by atoms with Crippen LogP contribution in [0.15, 0.2) is 54.6 Å². The molecule has 0 N–H and O–H groups in total. The summed E-state index contributed by atoms with van der Waals surface area (Å²) in [6.07, 6.45) is -4.39. The molecule has 0 radical (unpaired) electrons. The Labute approximate surface area is 157 Å². The molecule has 8 heteroatoms. The van der Waals surface area contributed by atoms with E-state index >= 15 is 0 Å². The monoisotopic (exact) mass is 388 g/mol. The molecule has 0 bridgehead atoms. The molecule has 0 fully saturated rings. The van der Waals surface area contributed by atoms with Crippen molar-refractivity contribution in [2.75, 3.05) is 0 Å². The number of aromatic nitrogens is 4. The second kappa shape index (κ2) is 6.35. The van der Waals surface area contributed by atoms with Crippen molar-refractivity contribution < 1.29 is 13.2 Å². The van der Waals surface area contributed by atoms with Crippen LogP contribution in [0, 0.1) is 6.92 Å². The maximum absolute atomic E-state index is 12.8. The number of fused-ring (bicyclic) bond motifs is 1. The maximum Gasteiger partial charge on any atom is 0.416 e. The van der Waals surface area contributed by atoms with Crippen LogP contribution in [0.25, 0.3) is 28.4 Å². The average molecular weight is 389 g/mol. The van der Waals surface area contributed by atoms with Gasteiger partial charge in [0.05, 0.1) is 11.3 Å². The molecule has 2 aromatic heterocycles. The molecule has 0 aliphatic carbocycles. The first-order chi connectivity index (χ1) is 12.8. The van der Waals surface area contributed by atoms with Crippen molar-refractivity contribution in [1.82, 2.24) is 19.6 Å². The van der Waals surface area contributed by atoms with Crippen molar-refractivity contribution in [3.8, 4) is 22.8 Å². The highest BCUT2D eigenvalue weighted by atomic mass is 35.5. The molecule has 2 heterocycles. The van der Waals surface area contributed by atoms with E-state index in [9.17, 15) is 13.2 Å². The zero-order valence-electron chi connectivity index (χ0n) is 14.0. The van der Waals surface area contributed by atoms with Gasteiger partial charge in [-0.2, -0.15) is 22.8 Å². The van der Waals surface area contributed by atoms with E-state index in [-0.39, 0.29) is 0 Å². The number of nitrogens with zero attached hydrogens (tertiary/aromatic N) is 4. The minimum absolute atomic E-state index is 0.409. The highest BCUT2D eigenvalue weighted by Crippen LogP contribution is 2.31. The summed E-state index contributed by atoms with van der Waals surface area (Å²) in [4.78, 5) is 9.05. The summed E-state index contributed by atoms with van der Waals surface area (Å²) >= 11 is 5.93. The van der Waals surface area contributed by atoms with Crippen molar-refractivity contribution in [3.63, 3.8) is 0 Å². The van der Waals surface area contributed by atoms with Gasteiger partial charge >= 0.3 is 6.18 Å². The standard InChI is InChI=1S/C19H12ClF3N4/c1-11-10-16-24-17(12-4-8-15(20)9-5-12)25-18(27(16)26-11)13-2-6-14(7-3-13)19(21,22)23/h2-10H,1H3. The summed E-state index contributed by atoms with van der Waals surface area (Å²) in [7, 11) is 0. The van der Waals surface area contributed by atoms with Gasteiger partial charge in [0.25, 0.3) is 0 Å². The number of aryl methyl sites for hydroxylation is 1. The summed E-state index contributed by atoms with van der Waals surface area (Å²) in [6, 6.07) is 13.6. The summed E-state index contributed by atoms with van der Waals surface area (Å²) in [5.74, 6) is 0.848. The minimum atomic E-state index is -4.39. The van der Waals surface area contributed by atoms with Gasteiger partial charge in [0.2, 0.25) is 0 Å². The van der Waals surface area contributed by atoms with Crippen molar-refractivity contribution in [1.29, 1.82) is 0 Å². The van der Waals surface area contributed by atoms with Gasteiger partial charge in [0, 0.05) is 22.2 Å². The van der Waals surface area contributed by atoms with E-state index in [1.54, 1.807) is 30.3 Å². The quantitative estimate of drug-likeness (QED) is 0.459. The third kappa shape index (κ3) is 3.38. The van der Waals surface area contributed by atoms with Gasteiger partial charge in [0.1, 0.15) is 0 Å². The Morgan fingerprint density at radius 3 is 2.15 bits per heavy atom. The number of alkyl halides is 3. The van der Waals surface area contributed by atoms with Crippen LogP contribution in [-0.4, -0.2) is 19.6 Å². The lowest BCUT2D eigenvalue weighted by Crippen LogP contribution is -2.05. The van der Waals surface area contributed by atoms with Crippen LogP contribution < -0.4 is 0 Å². The van der Waals surface area contributed by atoms with Gasteiger partial charge < -0.3 is 0 Å². The molecule has 4 nitrogen and oxygen atoms in total. The Morgan fingerprint density at radius 2 is 1.52 bits per heavy atom. The lowest BCUT2D eigenvalue weighted by Gasteiger charge is -2.10. The first kappa shape index (κ1) is 17.5. The third-order valence-corrected chi connectivity index (χ3v) is 4.27. The smallest absolute Gasteiger partial charge is 0.209 e. The molecule has 0 amide bonds. The second-order valence-electron chi connectivity index (χ2n) is 6.01. The Balaban J connectivity index is 1.89. The van der Waals surface area contributed by atoms with Crippen LogP contribution in [-0.2, 0) is 6.18 Å². The number of rotatable bonds is 2. The number of benzene rings is 2. The fraction of sp³-hybridized carbons (Fsp3) is 0.105. The first-order valence-corrected chi connectivity index (χ1v) is 8.37. The van der Waals surface area contributed by atoms with E-state index in [1.807, 2.05) is 6.92 Å². The number of hydrogen-bond acceptors (Lipinski definition) is 3. The van der Waals surface area contributed by atoms with Crippen molar-refractivity contribution in [2.45, 2.75) is 13.1 Å². The first-order valence-electron chi connectivity index (χ1n) is 7.99. The molecule has 0 saturated heterocycles. The zero-order valence-corrected chi connectivity index (χ0v) is 14.8. The Bertz CT molecular complexity index is 1120. The van der Waals surface area contributed by atoms with Gasteiger partial charge in [0.15, 0.2) is 17.3 Å². The van der Waals surface area contributed by atoms with E-state index in [4.69, 9.17) is 11.6 Å². The summed E-state index contributed by atoms with van der Waals surface area (Å²) in [6.45, 7) is 1.81. The fourth-order valence-corrected chi connectivity index (χ4v) is 2.85. The molecule has 0 aliphatic heterocycles. The molecule has 4 aromatic rings. The Hall–Kier alpha value is -2.93. The molecule has 0 unspecified atom stereocenters. The Morgan fingerprint density at radius 1 is 0.889 bits per heavy atom. The summed E-state index contributed by atoms with van der Waals surface area (Å²) in [5.41, 5.74) is 1.82. The van der Waals surface area contributed by atoms with Crippen LogP contribution in [0.1, 0.15) is 11.3 Å². The molecule has 136 valence electrons. The molecular weight excluding hydrogens is 377 g/mol. The largest absolute Gasteiger partial charge is 0.416 e. The third-order valence-electron chi connectivity index (χ3n) is 4.02. The van der Waals surface area contributed by atoms with E-state index in [1.165, 1.54) is 16.6 Å². The van der Waals surface area contributed by atoms with E-state index < -0.39 is 11.7 Å². The molecular formula is C19H12ClF3N4. The van der Waals surface area contributed by atoms with Gasteiger partial charge in [-0.1, -0.05) is 23.7 Å². The van der Waals surface area contributed by atoms with Gasteiger partial charge in [-0.05, 0) is 43.3 Å². The van der Waals surface area contributed by atoms with E-state index in [0.29, 0.717) is 27.9 Å². The molecule has 0 saturated carbocycles. The fourth-order valence-electron chi connectivity index (χ4n) is 2.73. The zero-order chi connectivity index (χ0) is 19.2. The van der Waals surface area contributed by atoms with Crippen LogP contribution in [0.5, 0.6) is 0 Å². The van der Waals surface area contributed by atoms with Gasteiger partial charge in [-0.3, -0.25) is 0 Å². The summed E-state index contributed by atoms with van der Waals surface area (Å²) in [5, 5.41) is 4.94. The van der Waals surface area contributed by atoms with Crippen molar-refractivity contribution >= 4 is 17.2 Å². The highest BCUT2D eigenvalue weighted by Gasteiger charge is 2.30. The molecule has 2 aromatic carbocycles. The topological polar surface area (TPSA) is 43.1 Å². The molecule has 0 aliphatic rings. The lowest BCUT2D eigenvalue weighted by atomic mass is 10.1. The normalized spacial score (nSPS) is 11.9. The SMILES string of the molecule is Cc1cc2nc(-c3ccc(Cl)cc3)nc(-c3ccc(C(F)(F)F)cc3)n2n1. The molecule has 0 spiro atoms. The second-order valence-corrected chi connectivity index (χ2v) is 6.44. The van der Waals surface area contributed by atoms with E-state index in [2.05, 4.69) is 15.1 Å². The highest BCUT2D eigenvalue weighted by molar-refractivity contribution is 6.30. The molecule has 4 rings (SSSR count). The van der Waals surface area contributed by atoms with Crippen molar-refractivity contribution in [3.05, 3.63) is 70.9 Å². The van der Waals surface area contributed by atoms with Crippen LogP contribution >= 0.6 is 11.6 Å². The Kier molecular flexibility index (Phi) is 4.11. The van der Waals surface area contributed by atoms with Crippen LogP contribution in [0.4, 0.5) is 13.2 Å². The molecule has 27 heavy (non-hydrogen) atoms. The van der Waals surface area contributed by atoms with Gasteiger partial charge in [-0.15, -0.1) is 0 Å². The van der Waals surface area contributed by atoms with Crippen LogP contribution in [0.2, 0.25) is 5.02 Å². The predicted molar refractivity (Wildman–Crippen MR) is 96.4 cm³/mol.